The third-order valence-electron chi connectivity index (χ3n) is 5.88. The van der Waals surface area contributed by atoms with E-state index in [2.05, 4.69) is 24.9 Å². The van der Waals surface area contributed by atoms with Crippen LogP contribution >= 0.6 is 0 Å². The number of aromatic nitrogens is 5. The summed E-state index contributed by atoms with van der Waals surface area (Å²) in [5.41, 5.74) is 0.346. The van der Waals surface area contributed by atoms with E-state index in [0.29, 0.717) is 17.4 Å². The van der Waals surface area contributed by atoms with Crippen LogP contribution in [0.15, 0.2) is 12.4 Å². The highest BCUT2D eigenvalue weighted by atomic mass is 32.2. The van der Waals surface area contributed by atoms with Gasteiger partial charge in [0.05, 0.1) is 50.6 Å². The predicted molar refractivity (Wildman–Crippen MR) is 126 cm³/mol. The first kappa shape index (κ1) is 27.2. The number of rotatable bonds is 13. The molecular formula is C21H34N6O7S. The highest BCUT2D eigenvalue weighted by Crippen LogP contribution is 2.35. The molecular weight excluding hydrogens is 480 g/mol. The Morgan fingerprint density at radius 3 is 2.34 bits per heavy atom. The zero-order valence-corrected chi connectivity index (χ0v) is 21.7. The number of anilines is 1. The number of ether oxygens (including phenoxy) is 5. The van der Waals surface area contributed by atoms with Gasteiger partial charge in [0.2, 0.25) is 21.9 Å². The number of nitrogens with one attached hydrogen (secondary N) is 1. The minimum absolute atomic E-state index is 0.0461. The summed E-state index contributed by atoms with van der Waals surface area (Å²) < 4.78 is 58.4. The van der Waals surface area contributed by atoms with Gasteiger partial charge in [-0.2, -0.15) is 0 Å². The zero-order valence-electron chi connectivity index (χ0n) is 20.9. The van der Waals surface area contributed by atoms with Crippen molar-refractivity contribution < 1.29 is 32.1 Å². The van der Waals surface area contributed by atoms with Crippen molar-refractivity contribution in [3.63, 3.8) is 0 Å². The first-order valence-corrected chi connectivity index (χ1v) is 12.8. The molecule has 4 atom stereocenters. The van der Waals surface area contributed by atoms with Gasteiger partial charge in [-0.15, -0.1) is 10.2 Å². The minimum atomic E-state index is -4.02. The Labute approximate surface area is 205 Å². The fourth-order valence-electron chi connectivity index (χ4n) is 4.04. The van der Waals surface area contributed by atoms with E-state index < -0.39 is 21.4 Å². The van der Waals surface area contributed by atoms with Gasteiger partial charge in [0.1, 0.15) is 17.5 Å². The molecule has 0 aromatic carbocycles. The molecule has 1 aliphatic rings. The minimum Gasteiger partial charge on any atom is -0.480 e. The van der Waals surface area contributed by atoms with Gasteiger partial charge in [0.15, 0.2) is 5.82 Å². The molecule has 0 amide bonds. The lowest BCUT2D eigenvalue weighted by Crippen LogP contribution is -2.34. The summed E-state index contributed by atoms with van der Waals surface area (Å²) in [6.07, 6.45) is 3.30. The molecule has 2 aromatic rings. The van der Waals surface area contributed by atoms with Crippen molar-refractivity contribution >= 4 is 16.0 Å². The van der Waals surface area contributed by atoms with Crippen LogP contribution in [0.4, 0.5) is 5.95 Å². The van der Waals surface area contributed by atoms with Crippen molar-refractivity contribution in [3.8, 4) is 5.88 Å². The largest absolute Gasteiger partial charge is 0.480 e. The smallest absolute Gasteiger partial charge is 0.240 e. The molecule has 13 nitrogen and oxygen atoms in total. The fraction of sp³-hybridized carbons (Fsp3) is 0.714. The highest BCUT2D eigenvalue weighted by molar-refractivity contribution is 7.93. The Bertz CT molecular complexity index is 1040. The van der Waals surface area contributed by atoms with E-state index in [1.165, 1.54) is 33.5 Å². The Morgan fingerprint density at radius 1 is 1.11 bits per heavy atom. The van der Waals surface area contributed by atoms with Crippen molar-refractivity contribution in [2.24, 2.45) is 0 Å². The average molecular weight is 515 g/mol. The predicted octanol–water partition coefficient (Wildman–Crippen LogP) is 1.67. The molecule has 196 valence electrons. The monoisotopic (exact) mass is 514 g/mol. The molecule has 1 N–H and O–H groups in total. The van der Waals surface area contributed by atoms with E-state index in [1.54, 1.807) is 18.8 Å². The van der Waals surface area contributed by atoms with Gasteiger partial charge in [-0.25, -0.2) is 13.4 Å². The summed E-state index contributed by atoms with van der Waals surface area (Å²) >= 11 is 0. The van der Waals surface area contributed by atoms with E-state index >= 15 is 0 Å². The van der Waals surface area contributed by atoms with Crippen molar-refractivity contribution in [3.05, 3.63) is 23.9 Å². The first-order chi connectivity index (χ1) is 16.7. The van der Waals surface area contributed by atoms with Crippen LogP contribution < -0.4 is 9.46 Å². The fourth-order valence-corrected chi connectivity index (χ4v) is 5.20. The second-order valence-electron chi connectivity index (χ2n) is 8.32. The van der Waals surface area contributed by atoms with Crippen molar-refractivity contribution in [1.82, 2.24) is 24.7 Å². The molecule has 1 fully saturated rings. The quantitative estimate of drug-likeness (QED) is 0.416. The number of hydrogen-bond donors (Lipinski definition) is 1. The zero-order chi connectivity index (χ0) is 25.6. The summed E-state index contributed by atoms with van der Waals surface area (Å²) in [6.45, 7) is 4.02. The molecule has 14 heteroatoms. The van der Waals surface area contributed by atoms with Crippen LogP contribution in [0.1, 0.15) is 56.5 Å². The van der Waals surface area contributed by atoms with Crippen molar-refractivity contribution in [2.75, 3.05) is 46.4 Å². The van der Waals surface area contributed by atoms with E-state index in [0.717, 1.165) is 12.8 Å². The molecule has 1 aliphatic heterocycles. The lowest BCUT2D eigenvalue weighted by Gasteiger charge is -2.25. The van der Waals surface area contributed by atoms with Gasteiger partial charge in [0.25, 0.3) is 0 Å². The van der Waals surface area contributed by atoms with E-state index in [9.17, 15) is 8.42 Å². The summed E-state index contributed by atoms with van der Waals surface area (Å²) in [7, 11) is 1.99. The SMILES string of the molecule is COCC(COC)n1c(NS(=O)(=O)[C@@H](C)[C@H](OC)c2cnc(OC)cn2)nnc1[C@H]1CC[C@@H](C)O1. The van der Waals surface area contributed by atoms with Crippen molar-refractivity contribution in [1.29, 1.82) is 0 Å². The van der Waals surface area contributed by atoms with Crippen LogP contribution in [0.25, 0.3) is 0 Å². The lowest BCUT2D eigenvalue weighted by molar-refractivity contribution is 0.0406. The molecule has 0 spiro atoms. The van der Waals surface area contributed by atoms with Gasteiger partial charge in [-0.3, -0.25) is 14.3 Å². The van der Waals surface area contributed by atoms with Gasteiger partial charge >= 0.3 is 0 Å². The van der Waals surface area contributed by atoms with Crippen LogP contribution in [-0.4, -0.2) is 86.2 Å². The number of sulfonamides is 1. The maximum absolute atomic E-state index is 13.4. The molecule has 3 rings (SSSR count). The Balaban J connectivity index is 1.93. The normalized spacial score (nSPS) is 20.2. The summed E-state index contributed by atoms with van der Waals surface area (Å²) in [5.74, 6) is 0.872. The van der Waals surface area contributed by atoms with Gasteiger partial charge in [0, 0.05) is 21.3 Å². The van der Waals surface area contributed by atoms with Gasteiger partial charge in [-0.1, -0.05) is 0 Å². The topological polar surface area (TPSA) is 149 Å². The molecule has 0 radical (unpaired) electrons. The van der Waals surface area contributed by atoms with Crippen LogP contribution in [0.3, 0.4) is 0 Å². The van der Waals surface area contributed by atoms with Crippen LogP contribution in [0, 0.1) is 0 Å². The van der Waals surface area contributed by atoms with Gasteiger partial charge < -0.3 is 23.7 Å². The third kappa shape index (κ3) is 6.25. The Morgan fingerprint density at radius 2 is 1.83 bits per heavy atom. The second-order valence-corrected chi connectivity index (χ2v) is 10.4. The Hall–Kier alpha value is -2.39. The van der Waals surface area contributed by atoms with Crippen molar-refractivity contribution in [2.45, 2.75) is 56.3 Å². The lowest BCUT2D eigenvalue weighted by atomic mass is 10.2. The Kier molecular flexibility index (Phi) is 9.35. The molecule has 0 bridgehead atoms. The number of hydrogen-bond acceptors (Lipinski definition) is 11. The van der Waals surface area contributed by atoms with E-state index in [4.69, 9.17) is 23.7 Å². The van der Waals surface area contributed by atoms with Crippen LogP contribution in [0.5, 0.6) is 5.88 Å². The second kappa shape index (κ2) is 12.0. The summed E-state index contributed by atoms with van der Waals surface area (Å²) in [4.78, 5) is 8.33. The van der Waals surface area contributed by atoms with Crippen LogP contribution in [-0.2, 0) is 29.0 Å². The molecule has 0 unspecified atom stereocenters. The van der Waals surface area contributed by atoms with Crippen LogP contribution in [0.2, 0.25) is 0 Å². The highest BCUT2D eigenvalue weighted by Gasteiger charge is 2.36. The third-order valence-corrected chi connectivity index (χ3v) is 7.57. The first-order valence-electron chi connectivity index (χ1n) is 11.2. The molecule has 0 saturated carbocycles. The van der Waals surface area contributed by atoms with Gasteiger partial charge in [-0.05, 0) is 26.7 Å². The standard InChI is InChI=1S/C21H34N6O7S/c1-13-7-8-17(34-13)20-24-25-21(27(20)15(11-30-3)12-31-4)26-35(28,29)14(2)19(33-6)16-9-23-18(32-5)10-22-16/h9-10,13-15,17,19H,7-8,11-12H2,1-6H3,(H,25,26)/t13-,14+,17-,19+/m1/s1. The summed E-state index contributed by atoms with van der Waals surface area (Å²) in [5, 5.41) is 7.41. The number of methoxy groups -OCH3 is 4. The molecule has 3 heterocycles. The molecule has 0 aliphatic carbocycles. The maximum atomic E-state index is 13.4. The molecule has 1 saturated heterocycles. The van der Waals surface area contributed by atoms with E-state index in [-0.39, 0.29) is 37.4 Å². The summed E-state index contributed by atoms with van der Waals surface area (Å²) in [6, 6.07) is -0.381. The maximum Gasteiger partial charge on any atom is 0.240 e. The molecule has 35 heavy (non-hydrogen) atoms. The van der Waals surface area contributed by atoms with E-state index in [1.807, 2.05) is 6.92 Å². The average Bonchev–Trinajstić information content (AvgIpc) is 3.45. The molecule has 2 aromatic heterocycles. The number of nitrogens with zero attached hydrogens (tertiary/aromatic N) is 5.